The largest absolute Gasteiger partial charge is 0.490 e. The van der Waals surface area contributed by atoms with E-state index in [0.29, 0.717) is 26.4 Å². The Bertz CT molecular complexity index is 790. The van der Waals surface area contributed by atoms with Crippen molar-refractivity contribution < 1.29 is 18.9 Å². The quantitative estimate of drug-likeness (QED) is 0.890. The third-order valence-electron chi connectivity index (χ3n) is 4.76. The predicted molar refractivity (Wildman–Crippen MR) is 99.8 cm³/mol. The highest BCUT2D eigenvalue weighted by Crippen LogP contribution is 2.40. The molecule has 0 bridgehead atoms. The van der Waals surface area contributed by atoms with Gasteiger partial charge in [-0.15, -0.1) is 0 Å². The number of ether oxygens (including phenoxy) is 4. The maximum atomic E-state index is 5.83. The molecular weight excluding hydrogens is 330 g/mol. The highest BCUT2D eigenvalue weighted by Gasteiger charge is 2.25. The van der Waals surface area contributed by atoms with Gasteiger partial charge in [-0.1, -0.05) is 6.07 Å². The molecule has 0 aromatic heterocycles. The van der Waals surface area contributed by atoms with Gasteiger partial charge in [-0.3, -0.25) is 0 Å². The van der Waals surface area contributed by atoms with Crippen molar-refractivity contribution in [3.63, 3.8) is 0 Å². The van der Waals surface area contributed by atoms with Gasteiger partial charge in [0.25, 0.3) is 0 Å². The Balaban J connectivity index is 1.73. The van der Waals surface area contributed by atoms with Crippen LogP contribution in [0.1, 0.15) is 36.6 Å². The van der Waals surface area contributed by atoms with Crippen molar-refractivity contribution in [2.45, 2.75) is 26.3 Å². The van der Waals surface area contributed by atoms with Crippen molar-refractivity contribution in [2.75, 3.05) is 33.0 Å². The summed E-state index contributed by atoms with van der Waals surface area (Å²) in [6, 6.07) is 10.5. The average molecular weight is 355 g/mol. The lowest BCUT2D eigenvalue weighted by atomic mass is 9.89. The first kappa shape index (κ1) is 17.0. The predicted octanol–water partition coefficient (Wildman–Crippen LogP) is 3.49. The van der Waals surface area contributed by atoms with Gasteiger partial charge < -0.3 is 24.3 Å². The Morgan fingerprint density at radius 1 is 0.962 bits per heavy atom. The third kappa shape index (κ3) is 3.19. The highest BCUT2D eigenvalue weighted by atomic mass is 16.6. The topological polar surface area (TPSA) is 49.0 Å². The fraction of sp³-hybridized carbons (Fsp3) is 0.429. The van der Waals surface area contributed by atoms with Gasteiger partial charge in [0.1, 0.15) is 13.2 Å². The van der Waals surface area contributed by atoms with Crippen LogP contribution in [0.5, 0.6) is 23.0 Å². The molecule has 2 aliphatic rings. The molecule has 0 aliphatic carbocycles. The first-order chi connectivity index (χ1) is 12.8. The van der Waals surface area contributed by atoms with E-state index in [1.807, 2.05) is 19.9 Å². The van der Waals surface area contributed by atoms with Gasteiger partial charge in [0.2, 0.25) is 0 Å². The maximum absolute atomic E-state index is 5.83. The number of hydrogen-bond donors (Lipinski definition) is 1. The molecule has 1 N–H and O–H groups in total. The van der Waals surface area contributed by atoms with Crippen molar-refractivity contribution >= 4 is 0 Å². The second-order valence-corrected chi connectivity index (χ2v) is 6.40. The summed E-state index contributed by atoms with van der Waals surface area (Å²) < 4.78 is 23.0. The molecule has 5 nitrogen and oxygen atoms in total. The van der Waals surface area contributed by atoms with Gasteiger partial charge >= 0.3 is 0 Å². The molecular formula is C21H25NO4. The van der Waals surface area contributed by atoms with E-state index < -0.39 is 0 Å². The van der Waals surface area contributed by atoms with E-state index >= 15 is 0 Å². The molecule has 0 saturated heterocycles. The summed E-state index contributed by atoms with van der Waals surface area (Å²) in [5, 5.41) is 3.63. The zero-order valence-electron chi connectivity index (χ0n) is 15.3. The molecule has 0 radical (unpaired) electrons. The van der Waals surface area contributed by atoms with E-state index in [9.17, 15) is 0 Å². The van der Waals surface area contributed by atoms with E-state index in [1.165, 1.54) is 16.7 Å². The average Bonchev–Trinajstić information content (AvgIpc) is 2.68. The second kappa shape index (κ2) is 7.46. The van der Waals surface area contributed by atoms with Crippen LogP contribution in [0.15, 0.2) is 30.3 Å². The summed E-state index contributed by atoms with van der Waals surface area (Å²) in [6.07, 6.45) is 0.975. The summed E-state index contributed by atoms with van der Waals surface area (Å²) in [5.41, 5.74) is 3.71. The molecule has 2 aromatic rings. The summed E-state index contributed by atoms with van der Waals surface area (Å²) in [5.74, 6) is 3.27. The lowest BCUT2D eigenvalue weighted by Gasteiger charge is -2.29. The van der Waals surface area contributed by atoms with Crippen LogP contribution in [0.25, 0.3) is 0 Å². The third-order valence-corrected chi connectivity index (χ3v) is 4.76. The van der Waals surface area contributed by atoms with Crippen LogP contribution in [-0.2, 0) is 6.42 Å². The van der Waals surface area contributed by atoms with Crippen LogP contribution >= 0.6 is 0 Å². The summed E-state index contributed by atoms with van der Waals surface area (Å²) in [7, 11) is 0. The summed E-state index contributed by atoms with van der Waals surface area (Å²) in [4.78, 5) is 0. The zero-order valence-corrected chi connectivity index (χ0v) is 15.3. The number of hydrogen-bond acceptors (Lipinski definition) is 5. The molecule has 0 saturated carbocycles. The van der Waals surface area contributed by atoms with E-state index in [4.69, 9.17) is 18.9 Å². The first-order valence-electron chi connectivity index (χ1n) is 9.35. The Kier molecular flexibility index (Phi) is 4.89. The van der Waals surface area contributed by atoms with Crippen LogP contribution < -0.4 is 24.3 Å². The van der Waals surface area contributed by atoms with Gasteiger partial charge in [0.05, 0.1) is 19.3 Å². The van der Waals surface area contributed by atoms with Crippen LogP contribution in [-0.4, -0.2) is 33.0 Å². The van der Waals surface area contributed by atoms with E-state index in [-0.39, 0.29) is 6.04 Å². The maximum Gasteiger partial charge on any atom is 0.161 e. The number of rotatable bonds is 5. The first-order valence-corrected chi connectivity index (χ1v) is 9.35. The molecule has 2 aliphatic heterocycles. The summed E-state index contributed by atoms with van der Waals surface area (Å²) >= 11 is 0. The molecule has 0 amide bonds. The number of fused-ring (bicyclic) bond motifs is 2. The molecule has 4 rings (SSSR count). The Hall–Kier alpha value is -2.40. The Morgan fingerprint density at radius 3 is 2.46 bits per heavy atom. The normalized spacial score (nSPS) is 18.2. The molecule has 0 spiro atoms. The minimum atomic E-state index is 0.101. The smallest absolute Gasteiger partial charge is 0.161 e. The van der Waals surface area contributed by atoms with E-state index in [1.54, 1.807) is 0 Å². The SMILES string of the molecule is CCOc1cc2c(cc1OCC)[C@@H](c1ccc3c(c1)OCCO3)NCC2. The van der Waals surface area contributed by atoms with Gasteiger partial charge in [-0.25, -0.2) is 0 Å². The van der Waals surface area contributed by atoms with Crippen LogP contribution in [0, 0.1) is 0 Å². The van der Waals surface area contributed by atoms with E-state index in [0.717, 1.165) is 36.0 Å². The molecule has 0 unspecified atom stereocenters. The van der Waals surface area contributed by atoms with Crippen LogP contribution in [0.3, 0.4) is 0 Å². The van der Waals surface area contributed by atoms with Gasteiger partial charge in [-0.05, 0) is 61.2 Å². The van der Waals surface area contributed by atoms with Crippen LogP contribution in [0.4, 0.5) is 0 Å². The zero-order chi connectivity index (χ0) is 17.9. The fourth-order valence-corrected chi connectivity index (χ4v) is 3.64. The minimum Gasteiger partial charge on any atom is -0.490 e. The monoisotopic (exact) mass is 355 g/mol. The fourth-order valence-electron chi connectivity index (χ4n) is 3.64. The molecule has 0 fully saturated rings. The molecule has 2 heterocycles. The van der Waals surface area contributed by atoms with Gasteiger partial charge in [-0.2, -0.15) is 0 Å². The Labute approximate surface area is 154 Å². The standard InChI is InChI=1S/C21H25NO4/c1-3-23-19-11-14-7-8-22-21(16(14)13-20(19)24-4-2)15-5-6-17-18(12-15)26-10-9-25-17/h5-6,11-13,21-22H,3-4,7-10H2,1-2H3/t21-/m1/s1. The molecule has 1 atom stereocenters. The van der Waals surface area contributed by atoms with Crippen molar-refractivity contribution in [2.24, 2.45) is 0 Å². The van der Waals surface area contributed by atoms with E-state index in [2.05, 4.69) is 29.6 Å². The minimum absolute atomic E-state index is 0.101. The lowest BCUT2D eigenvalue weighted by molar-refractivity contribution is 0.171. The van der Waals surface area contributed by atoms with Crippen molar-refractivity contribution in [3.05, 3.63) is 47.0 Å². The number of nitrogens with one attached hydrogen (secondary N) is 1. The van der Waals surface area contributed by atoms with Crippen molar-refractivity contribution in [1.29, 1.82) is 0 Å². The lowest BCUT2D eigenvalue weighted by Crippen LogP contribution is -2.31. The van der Waals surface area contributed by atoms with Gasteiger partial charge in [0.15, 0.2) is 23.0 Å². The van der Waals surface area contributed by atoms with Crippen molar-refractivity contribution in [3.8, 4) is 23.0 Å². The molecule has 26 heavy (non-hydrogen) atoms. The second-order valence-electron chi connectivity index (χ2n) is 6.40. The highest BCUT2D eigenvalue weighted by molar-refractivity contribution is 5.53. The summed E-state index contributed by atoms with van der Waals surface area (Å²) in [6.45, 7) is 7.35. The van der Waals surface area contributed by atoms with Gasteiger partial charge in [0, 0.05) is 6.54 Å². The molecule has 2 aromatic carbocycles. The molecule has 138 valence electrons. The number of benzene rings is 2. The van der Waals surface area contributed by atoms with Crippen molar-refractivity contribution in [1.82, 2.24) is 5.32 Å². The Morgan fingerprint density at radius 2 is 1.69 bits per heavy atom. The van der Waals surface area contributed by atoms with Crippen LogP contribution in [0.2, 0.25) is 0 Å². The molecule has 5 heteroatoms.